The first-order valence-electron chi connectivity index (χ1n) is 6.66. The number of benzene rings is 1. The molecular weight excluding hydrogens is 238 g/mol. The Bertz CT molecular complexity index is 449. The molecule has 0 aliphatic carbocycles. The van der Waals surface area contributed by atoms with Crippen molar-refractivity contribution in [3.8, 4) is 11.8 Å². The number of nitriles is 1. The lowest BCUT2D eigenvalue weighted by molar-refractivity contribution is 0.208. The van der Waals surface area contributed by atoms with Crippen LogP contribution in [0.3, 0.4) is 0 Å². The van der Waals surface area contributed by atoms with E-state index >= 15 is 0 Å². The molecule has 104 valence electrons. The normalized spacial score (nSPS) is 11.1. The summed E-state index contributed by atoms with van der Waals surface area (Å²) in [6.07, 6.45) is 2.31. The van der Waals surface area contributed by atoms with Gasteiger partial charge in [-0.3, -0.25) is 0 Å². The Morgan fingerprint density at radius 2 is 2.16 bits per heavy atom. The molecule has 0 aliphatic heterocycles. The largest absolute Gasteiger partial charge is 0.490 e. The minimum Gasteiger partial charge on any atom is -0.490 e. The molecule has 0 atom stereocenters. The van der Waals surface area contributed by atoms with E-state index in [-0.39, 0.29) is 5.54 Å². The number of hydrogen-bond acceptors (Lipinski definition) is 4. The maximum Gasteiger partial charge on any atom is 0.139 e. The second-order valence-corrected chi connectivity index (χ2v) is 5.29. The van der Waals surface area contributed by atoms with Gasteiger partial charge in [0, 0.05) is 5.54 Å². The Hall–Kier alpha value is -1.73. The summed E-state index contributed by atoms with van der Waals surface area (Å²) in [5.41, 5.74) is 6.48. The minimum atomic E-state index is -0.132. The fourth-order valence-corrected chi connectivity index (χ4v) is 1.70. The molecule has 0 saturated heterocycles. The van der Waals surface area contributed by atoms with Crippen molar-refractivity contribution in [1.82, 2.24) is 5.32 Å². The van der Waals surface area contributed by atoms with Crippen LogP contribution in [-0.2, 0) is 0 Å². The molecule has 1 rings (SSSR count). The molecule has 0 unspecified atom stereocenters. The second-order valence-electron chi connectivity index (χ2n) is 5.29. The summed E-state index contributed by atoms with van der Waals surface area (Å²) in [5.74, 6) is 0.549. The van der Waals surface area contributed by atoms with E-state index in [1.165, 1.54) is 0 Å². The summed E-state index contributed by atoms with van der Waals surface area (Å²) in [4.78, 5) is 0. The van der Waals surface area contributed by atoms with Crippen molar-refractivity contribution in [3.63, 3.8) is 0 Å². The zero-order chi connectivity index (χ0) is 14.3. The predicted molar refractivity (Wildman–Crippen MR) is 78.1 cm³/mol. The Morgan fingerprint density at radius 3 is 2.79 bits per heavy atom. The molecule has 3 N–H and O–H groups in total. The fraction of sp³-hybridized carbons (Fsp3) is 0.533. The second kappa shape index (κ2) is 7.01. The molecule has 0 aromatic heterocycles. The van der Waals surface area contributed by atoms with Gasteiger partial charge in [0.25, 0.3) is 0 Å². The lowest BCUT2D eigenvalue weighted by Crippen LogP contribution is -2.45. The molecule has 0 fully saturated rings. The highest BCUT2D eigenvalue weighted by atomic mass is 16.5. The van der Waals surface area contributed by atoms with Crippen LogP contribution in [0.5, 0.6) is 5.75 Å². The van der Waals surface area contributed by atoms with Gasteiger partial charge < -0.3 is 15.8 Å². The molecular formula is C15H23N3O. The number of rotatable bonds is 7. The van der Waals surface area contributed by atoms with Crippen LogP contribution in [-0.4, -0.2) is 18.7 Å². The van der Waals surface area contributed by atoms with Crippen molar-refractivity contribution in [1.29, 1.82) is 5.26 Å². The molecule has 0 heterocycles. The van der Waals surface area contributed by atoms with Gasteiger partial charge in [-0.05, 0) is 38.9 Å². The number of anilines is 1. The number of nitrogens with one attached hydrogen (secondary N) is 1. The molecule has 0 saturated carbocycles. The van der Waals surface area contributed by atoms with Crippen LogP contribution in [0.25, 0.3) is 0 Å². The van der Waals surface area contributed by atoms with Crippen molar-refractivity contribution < 1.29 is 4.74 Å². The molecule has 0 aliphatic rings. The highest BCUT2D eigenvalue weighted by molar-refractivity contribution is 5.60. The van der Waals surface area contributed by atoms with E-state index in [2.05, 4.69) is 32.2 Å². The van der Waals surface area contributed by atoms with Crippen LogP contribution in [0.15, 0.2) is 18.2 Å². The van der Waals surface area contributed by atoms with Gasteiger partial charge in [0.05, 0.1) is 5.69 Å². The summed E-state index contributed by atoms with van der Waals surface area (Å²) < 4.78 is 5.74. The predicted octanol–water partition coefficient (Wildman–Crippen LogP) is 2.69. The highest BCUT2D eigenvalue weighted by Crippen LogP contribution is 2.24. The number of nitrogens with two attached hydrogens (primary N) is 1. The average molecular weight is 261 g/mol. The summed E-state index contributed by atoms with van der Waals surface area (Å²) in [5, 5.41) is 12.5. The molecule has 4 nitrogen and oxygen atoms in total. The lowest BCUT2D eigenvalue weighted by Gasteiger charge is -2.26. The molecule has 1 aromatic carbocycles. The van der Waals surface area contributed by atoms with Crippen LogP contribution < -0.4 is 15.8 Å². The Morgan fingerprint density at radius 1 is 1.42 bits per heavy atom. The van der Waals surface area contributed by atoms with Crippen LogP contribution in [0.1, 0.15) is 39.2 Å². The third-order valence-electron chi connectivity index (χ3n) is 2.89. The third-order valence-corrected chi connectivity index (χ3v) is 2.89. The van der Waals surface area contributed by atoms with Crippen LogP contribution in [0, 0.1) is 11.3 Å². The Balaban J connectivity index is 2.61. The van der Waals surface area contributed by atoms with Gasteiger partial charge in [0.2, 0.25) is 0 Å². The fourth-order valence-electron chi connectivity index (χ4n) is 1.70. The molecule has 4 heteroatoms. The lowest BCUT2D eigenvalue weighted by atomic mass is 10.1. The van der Waals surface area contributed by atoms with Crippen molar-refractivity contribution in [2.24, 2.45) is 0 Å². The molecule has 0 spiro atoms. The third kappa shape index (κ3) is 4.80. The molecule has 0 bridgehead atoms. The summed E-state index contributed by atoms with van der Waals surface area (Å²) in [7, 11) is 0. The van der Waals surface area contributed by atoms with E-state index in [9.17, 15) is 0 Å². The van der Waals surface area contributed by atoms with Crippen LogP contribution >= 0.6 is 0 Å². The standard InChI is InChI=1S/C15H23N3O/c1-4-5-9-18-15(2,3)11-19-14-8-6-7-13(17)12(14)10-16/h6-8,18H,4-5,9,11,17H2,1-3H3. The van der Waals surface area contributed by atoms with E-state index in [0.29, 0.717) is 23.6 Å². The maximum atomic E-state index is 9.08. The van der Waals surface area contributed by atoms with Gasteiger partial charge in [0.1, 0.15) is 24.0 Å². The van der Waals surface area contributed by atoms with E-state index in [4.69, 9.17) is 15.7 Å². The zero-order valence-corrected chi connectivity index (χ0v) is 12.0. The van der Waals surface area contributed by atoms with Crippen molar-refractivity contribution in [2.75, 3.05) is 18.9 Å². The van der Waals surface area contributed by atoms with E-state index in [1.807, 2.05) is 0 Å². The monoisotopic (exact) mass is 261 g/mol. The number of ether oxygens (including phenoxy) is 1. The van der Waals surface area contributed by atoms with Gasteiger partial charge >= 0.3 is 0 Å². The molecule has 19 heavy (non-hydrogen) atoms. The molecule has 1 aromatic rings. The first kappa shape index (κ1) is 15.3. The average Bonchev–Trinajstić information content (AvgIpc) is 2.37. The van der Waals surface area contributed by atoms with Crippen molar-refractivity contribution >= 4 is 5.69 Å². The summed E-state index contributed by atoms with van der Waals surface area (Å²) >= 11 is 0. The number of unbranched alkanes of at least 4 members (excludes halogenated alkanes) is 1. The van der Waals surface area contributed by atoms with Crippen LogP contribution in [0.2, 0.25) is 0 Å². The highest BCUT2D eigenvalue weighted by Gasteiger charge is 2.18. The quantitative estimate of drug-likeness (QED) is 0.585. The smallest absolute Gasteiger partial charge is 0.139 e. The van der Waals surface area contributed by atoms with Crippen LogP contribution in [0.4, 0.5) is 5.69 Å². The SMILES string of the molecule is CCCCNC(C)(C)COc1cccc(N)c1C#N. The van der Waals surface area contributed by atoms with Gasteiger partial charge in [-0.1, -0.05) is 19.4 Å². The van der Waals surface area contributed by atoms with E-state index in [1.54, 1.807) is 18.2 Å². The topological polar surface area (TPSA) is 71.1 Å². The number of nitrogens with zero attached hydrogens (tertiary/aromatic N) is 1. The Kier molecular flexibility index (Phi) is 5.65. The molecule has 0 radical (unpaired) electrons. The first-order chi connectivity index (χ1) is 9.00. The van der Waals surface area contributed by atoms with Gasteiger partial charge in [0.15, 0.2) is 0 Å². The Labute approximate surface area is 115 Å². The number of hydrogen-bond donors (Lipinski definition) is 2. The van der Waals surface area contributed by atoms with Crippen molar-refractivity contribution in [3.05, 3.63) is 23.8 Å². The van der Waals surface area contributed by atoms with Gasteiger partial charge in [-0.25, -0.2) is 0 Å². The first-order valence-corrected chi connectivity index (χ1v) is 6.66. The van der Waals surface area contributed by atoms with E-state index in [0.717, 1.165) is 19.4 Å². The van der Waals surface area contributed by atoms with Gasteiger partial charge in [-0.2, -0.15) is 5.26 Å². The maximum absolute atomic E-state index is 9.08. The van der Waals surface area contributed by atoms with Gasteiger partial charge in [-0.15, -0.1) is 0 Å². The van der Waals surface area contributed by atoms with Crippen molar-refractivity contribution in [2.45, 2.75) is 39.2 Å². The number of nitrogen functional groups attached to an aromatic ring is 1. The molecule has 0 amide bonds. The minimum absolute atomic E-state index is 0.132. The summed E-state index contributed by atoms with van der Waals surface area (Å²) in [6, 6.07) is 7.36. The summed E-state index contributed by atoms with van der Waals surface area (Å²) in [6.45, 7) is 7.79. The van der Waals surface area contributed by atoms with E-state index < -0.39 is 0 Å². The zero-order valence-electron chi connectivity index (χ0n) is 12.0.